The van der Waals surface area contributed by atoms with Crippen LogP contribution in [0.5, 0.6) is 0 Å². The standard InChI is InChI=1S/C16H18N2O5S2/c1-10(16(20)21)11(2)17-15(19)12-5-3-6-13(9-12)18-25(22,23)14-7-4-8-24-14/h3-11,18H,1-2H3,(H,17,19)(H,20,21). The van der Waals surface area contributed by atoms with Crippen molar-refractivity contribution in [3.8, 4) is 0 Å². The number of carboxylic acid groups (broad SMARTS) is 1. The molecule has 0 fully saturated rings. The molecule has 1 heterocycles. The highest BCUT2D eigenvalue weighted by atomic mass is 32.2. The Labute approximate surface area is 149 Å². The van der Waals surface area contributed by atoms with Crippen LogP contribution in [-0.2, 0) is 14.8 Å². The fourth-order valence-electron chi connectivity index (χ4n) is 1.97. The number of thiophene rings is 1. The average molecular weight is 382 g/mol. The SMILES string of the molecule is CC(NC(=O)c1cccc(NS(=O)(=O)c2cccs2)c1)C(C)C(=O)O. The second kappa shape index (κ2) is 7.66. The van der Waals surface area contributed by atoms with Crippen molar-refractivity contribution in [3.05, 3.63) is 47.3 Å². The topological polar surface area (TPSA) is 113 Å². The molecule has 25 heavy (non-hydrogen) atoms. The molecule has 0 saturated heterocycles. The first-order valence-corrected chi connectivity index (χ1v) is 9.77. The number of anilines is 1. The lowest BCUT2D eigenvalue weighted by atomic mass is 10.0. The van der Waals surface area contributed by atoms with Crippen LogP contribution in [0.15, 0.2) is 46.0 Å². The van der Waals surface area contributed by atoms with E-state index in [1.165, 1.54) is 31.2 Å². The van der Waals surface area contributed by atoms with Crippen molar-refractivity contribution in [1.29, 1.82) is 0 Å². The lowest BCUT2D eigenvalue weighted by Crippen LogP contribution is -2.40. The van der Waals surface area contributed by atoms with Crippen LogP contribution in [0.25, 0.3) is 0 Å². The van der Waals surface area contributed by atoms with Gasteiger partial charge in [-0.15, -0.1) is 11.3 Å². The van der Waals surface area contributed by atoms with E-state index in [9.17, 15) is 18.0 Å². The van der Waals surface area contributed by atoms with E-state index >= 15 is 0 Å². The van der Waals surface area contributed by atoms with Crippen molar-refractivity contribution in [2.75, 3.05) is 4.72 Å². The maximum Gasteiger partial charge on any atom is 0.308 e. The number of nitrogens with one attached hydrogen (secondary N) is 2. The Morgan fingerprint density at radius 1 is 1.16 bits per heavy atom. The summed E-state index contributed by atoms with van der Waals surface area (Å²) in [7, 11) is -3.70. The molecular formula is C16H18N2O5S2. The number of sulfonamides is 1. The molecule has 9 heteroatoms. The monoisotopic (exact) mass is 382 g/mol. The van der Waals surface area contributed by atoms with E-state index in [1.807, 2.05) is 0 Å². The zero-order valence-electron chi connectivity index (χ0n) is 13.6. The molecule has 0 spiro atoms. The summed E-state index contributed by atoms with van der Waals surface area (Å²) in [5.74, 6) is -2.23. The third kappa shape index (κ3) is 4.80. The zero-order valence-corrected chi connectivity index (χ0v) is 15.2. The number of carboxylic acids is 1. The molecule has 0 aliphatic heterocycles. The molecule has 2 unspecified atom stereocenters. The normalized spacial score (nSPS) is 13.7. The number of benzene rings is 1. The van der Waals surface area contributed by atoms with Gasteiger partial charge in [-0.1, -0.05) is 12.1 Å². The molecule has 0 radical (unpaired) electrons. The van der Waals surface area contributed by atoms with Crippen LogP contribution in [0.1, 0.15) is 24.2 Å². The second-order valence-electron chi connectivity index (χ2n) is 5.51. The van der Waals surface area contributed by atoms with Crippen molar-refractivity contribution in [2.24, 2.45) is 5.92 Å². The maximum absolute atomic E-state index is 12.2. The molecule has 0 bridgehead atoms. The van der Waals surface area contributed by atoms with Crippen molar-refractivity contribution in [1.82, 2.24) is 5.32 Å². The third-order valence-electron chi connectivity index (χ3n) is 3.64. The first-order valence-electron chi connectivity index (χ1n) is 7.41. The molecular weight excluding hydrogens is 364 g/mol. The highest BCUT2D eigenvalue weighted by Gasteiger charge is 2.22. The minimum absolute atomic E-state index is 0.172. The van der Waals surface area contributed by atoms with Gasteiger partial charge in [0.05, 0.1) is 5.92 Å². The fraction of sp³-hybridized carbons (Fsp3) is 0.250. The fourth-order valence-corrected chi connectivity index (χ4v) is 4.02. The first-order chi connectivity index (χ1) is 11.7. The largest absolute Gasteiger partial charge is 0.481 e. The van der Waals surface area contributed by atoms with Crippen LogP contribution in [0.2, 0.25) is 0 Å². The van der Waals surface area contributed by atoms with Crippen LogP contribution in [-0.4, -0.2) is 31.4 Å². The van der Waals surface area contributed by atoms with Gasteiger partial charge in [0.2, 0.25) is 0 Å². The van der Waals surface area contributed by atoms with Crippen LogP contribution in [0.3, 0.4) is 0 Å². The number of carbonyl (C=O) groups excluding carboxylic acids is 1. The van der Waals surface area contributed by atoms with E-state index in [1.54, 1.807) is 24.4 Å². The summed E-state index contributed by atoms with van der Waals surface area (Å²) >= 11 is 1.09. The molecule has 1 aromatic heterocycles. The quantitative estimate of drug-likeness (QED) is 0.681. The number of hydrogen-bond donors (Lipinski definition) is 3. The molecule has 2 atom stereocenters. The van der Waals surface area contributed by atoms with E-state index in [0.717, 1.165) is 11.3 Å². The molecule has 1 aromatic carbocycles. The Balaban J connectivity index is 2.13. The summed E-state index contributed by atoms with van der Waals surface area (Å²) in [5.41, 5.74) is 0.482. The molecule has 0 aliphatic carbocycles. The molecule has 2 aromatic rings. The van der Waals surface area contributed by atoms with E-state index < -0.39 is 33.9 Å². The van der Waals surface area contributed by atoms with Crippen LogP contribution in [0, 0.1) is 5.92 Å². The Bertz CT molecular complexity index is 862. The van der Waals surface area contributed by atoms with Gasteiger partial charge in [0.15, 0.2) is 0 Å². The molecule has 7 nitrogen and oxygen atoms in total. The van der Waals surface area contributed by atoms with Gasteiger partial charge in [-0.2, -0.15) is 0 Å². The number of carbonyl (C=O) groups is 2. The van der Waals surface area contributed by atoms with Crippen LogP contribution in [0.4, 0.5) is 5.69 Å². The van der Waals surface area contributed by atoms with Gasteiger partial charge < -0.3 is 10.4 Å². The van der Waals surface area contributed by atoms with Crippen LogP contribution >= 0.6 is 11.3 Å². The predicted molar refractivity (Wildman–Crippen MR) is 95.3 cm³/mol. The number of rotatable bonds is 7. The van der Waals surface area contributed by atoms with Crippen LogP contribution < -0.4 is 10.0 Å². The van der Waals surface area contributed by atoms with Crippen molar-refractivity contribution in [2.45, 2.75) is 24.1 Å². The van der Waals surface area contributed by atoms with Crippen molar-refractivity contribution >= 4 is 38.9 Å². The molecule has 0 saturated carbocycles. The smallest absolute Gasteiger partial charge is 0.308 e. The summed E-state index contributed by atoms with van der Waals surface area (Å²) in [6.07, 6.45) is 0. The maximum atomic E-state index is 12.2. The van der Waals surface area contributed by atoms with E-state index in [2.05, 4.69) is 10.0 Å². The molecule has 0 aliphatic rings. The average Bonchev–Trinajstić information content (AvgIpc) is 3.09. The molecule has 134 valence electrons. The van der Waals surface area contributed by atoms with Gasteiger partial charge >= 0.3 is 5.97 Å². The van der Waals surface area contributed by atoms with Crippen molar-refractivity contribution in [3.63, 3.8) is 0 Å². The summed E-state index contributed by atoms with van der Waals surface area (Å²) in [6.45, 7) is 3.10. The molecule has 3 N–H and O–H groups in total. The summed E-state index contributed by atoms with van der Waals surface area (Å²) < 4.78 is 27.0. The van der Waals surface area contributed by atoms with Crippen molar-refractivity contribution < 1.29 is 23.1 Å². The Kier molecular flexibility index (Phi) is 5.81. The number of aliphatic carboxylic acids is 1. The Hall–Kier alpha value is -2.39. The predicted octanol–water partition coefficient (Wildman–Crippen LogP) is 2.39. The van der Waals surface area contributed by atoms with Gasteiger partial charge in [0.1, 0.15) is 4.21 Å². The van der Waals surface area contributed by atoms with E-state index in [-0.39, 0.29) is 15.5 Å². The van der Waals surface area contributed by atoms with E-state index in [4.69, 9.17) is 5.11 Å². The minimum atomic E-state index is -3.70. The number of amides is 1. The summed E-state index contributed by atoms with van der Waals surface area (Å²) in [5, 5.41) is 13.2. The molecule has 1 amide bonds. The third-order valence-corrected chi connectivity index (χ3v) is 6.41. The minimum Gasteiger partial charge on any atom is -0.481 e. The van der Waals surface area contributed by atoms with Gasteiger partial charge in [-0.3, -0.25) is 14.3 Å². The summed E-state index contributed by atoms with van der Waals surface area (Å²) in [6, 6.07) is 8.55. The highest BCUT2D eigenvalue weighted by molar-refractivity contribution is 7.94. The Morgan fingerprint density at radius 2 is 1.88 bits per heavy atom. The van der Waals surface area contributed by atoms with Gasteiger partial charge in [-0.25, -0.2) is 8.42 Å². The lowest BCUT2D eigenvalue weighted by molar-refractivity contribution is -0.141. The lowest BCUT2D eigenvalue weighted by Gasteiger charge is -2.18. The first kappa shape index (κ1) is 18.9. The number of hydrogen-bond acceptors (Lipinski definition) is 5. The van der Waals surface area contributed by atoms with Gasteiger partial charge in [-0.05, 0) is 43.5 Å². The summed E-state index contributed by atoms with van der Waals surface area (Å²) in [4.78, 5) is 23.2. The second-order valence-corrected chi connectivity index (χ2v) is 8.36. The molecule has 2 rings (SSSR count). The van der Waals surface area contributed by atoms with Gasteiger partial charge in [0, 0.05) is 17.3 Å². The Morgan fingerprint density at radius 3 is 2.48 bits per heavy atom. The highest BCUT2D eigenvalue weighted by Crippen LogP contribution is 2.21. The van der Waals surface area contributed by atoms with E-state index in [0.29, 0.717) is 0 Å². The zero-order chi connectivity index (χ0) is 18.6. The van der Waals surface area contributed by atoms with Gasteiger partial charge in [0.25, 0.3) is 15.9 Å².